The Morgan fingerprint density at radius 2 is 1.74 bits per heavy atom. The molecule has 4 aromatic rings. The molecule has 1 aliphatic rings. The van der Waals surface area contributed by atoms with Crippen molar-refractivity contribution in [3.05, 3.63) is 77.3 Å². The number of hydrogen-bond acceptors (Lipinski definition) is 7. The molecule has 10 nitrogen and oxygen atoms in total. The third kappa shape index (κ3) is 5.70. The van der Waals surface area contributed by atoms with Gasteiger partial charge in [-0.2, -0.15) is 4.98 Å². The van der Waals surface area contributed by atoms with Crippen LogP contribution in [0.4, 0.5) is 5.95 Å². The van der Waals surface area contributed by atoms with Crippen LogP contribution in [0.25, 0.3) is 11.2 Å². The van der Waals surface area contributed by atoms with E-state index >= 15 is 0 Å². The van der Waals surface area contributed by atoms with E-state index < -0.39 is 14.5 Å². The fourth-order valence-electron chi connectivity index (χ4n) is 5.60. The number of aromatic amines is 1. The van der Waals surface area contributed by atoms with Crippen LogP contribution in [-0.2, 0) is 13.9 Å². The Balaban J connectivity index is 1.50. The number of halogens is 1. The molecule has 1 fully saturated rings. The number of aromatic nitrogens is 4. The van der Waals surface area contributed by atoms with E-state index in [9.17, 15) is 4.79 Å². The van der Waals surface area contributed by atoms with Crippen molar-refractivity contribution >= 4 is 64.7 Å². The number of ether oxygens (including phenoxy) is 2. The second-order valence-electron chi connectivity index (χ2n) is 11.6. The van der Waals surface area contributed by atoms with Gasteiger partial charge in [0.05, 0.1) is 29.3 Å². The molecule has 42 heavy (non-hydrogen) atoms. The van der Waals surface area contributed by atoms with Crippen LogP contribution in [0.2, 0.25) is 5.04 Å². The Morgan fingerprint density at radius 1 is 1.12 bits per heavy atom. The van der Waals surface area contributed by atoms with Crippen LogP contribution in [0.15, 0.2) is 76.8 Å². The van der Waals surface area contributed by atoms with Crippen LogP contribution in [0, 0.1) is 0 Å². The number of rotatable bonds is 9. The van der Waals surface area contributed by atoms with Crippen molar-refractivity contribution in [1.29, 1.82) is 0 Å². The molecule has 3 heterocycles. The van der Waals surface area contributed by atoms with Gasteiger partial charge < -0.3 is 18.8 Å². The maximum absolute atomic E-state index is 12.8. The zero-order chi connectivity index (χ0) is 30.1. The summed E-state index contributed by atoms with van der Waals surface area (Å²) in [6.07, 6.45) is 1.99. The second-order valence-corrected chi connectivity index (χ2v) is 17.3. The Hall–Kier alpha value is -2.91. The van der Waals surface area contributed by atoms with Crippen LogP contribution in [0.3, 0.4) is 0 Å². The molecule has 0 unspecified atom stereocenters. The van der Waals surface area contributed by atoms with Crippen molar-refractivity contribution in [2.45, 2.75) is 48.2 Å². The summed E-state index contributed by atoms with van der Waals surface area (Å²) in [6.45, 7) is 7.15. The van der Waals surface area contributed by atoms with E-state index in [0.29, 0.717) is 12.3 Å². The molecule has 0 spiro atoms. The summed E-state index contributed by atoms with van der Waals surface area (Å²) >= 11 is 2.39. The van der Waals surface area contributed by atoms with Gasteiger partial charge in [-0.15, -0.1) is 0 Å². The number of imidazole rings is 1. The summed E-state index contributed by atoms with van der Waals surface area (Å²) in [6, 6.07) is 21.1. The molecule has 5 rings (SSSR count). The van der Waals surface area contributed by atoms with Crippen molar-refractivity contribution in [3.8, 4) is 0 Å². The van der Waals surface area contributed by atoms with Gasteiger partial charge in [-0.05, 0) is 15.4 Å². The van der Waals surface area contributed by atoms with Crippen molar-refractivity contribution < 1.29 is 13.9 Å². The van der Waals surface area contributed by atoms with Gasteiger partial charge in [-0.1, -0.05) is 104 Å². The predicted molar refractivity (Wildman–Crippen MR) is 176 cm³/mol. The third-order valence-corrected chi connectivity index (χ3v) is 14.0. The quantitative estimate of drug-likeness (QED) is 0.0935. The van der Waals surface area contributed by atoms with Crippen LogP contribution in [0.1, 0.15) is 27.0 Å². The molecule has 0 aliphatic carbocycles. The molecule has 0 radical (unpaired) electrons. The molecule has 4 atom stereocenters. The summed E-state index contributed by atoms with van der Waals surface area (Å²) < 4.78 is 21.6. The molecule has 222 valence electrons. The van der Waals surface area contributed by atoms with Crippen molar-refractivity contribution in [1.82, 2.24) is 24.4 Å². The van der Waals surface area contributed by atoms with Gasteiger partial charge in [-0.25, -0.2) is 9.98 Å². The molecule has 0 amide bonds. The van der Waals surface area contributed by atoms with Crippen molar-refractivity contribution in [3.63, 3.8) is 0 Å². The highest BCUT2D eigenvalue weighted by Gasteiger charge is 2.52. The van der Waals surface area contributed by atoms with E-state index in [2.05, 4.69) is 112 Å². The molecule has 2 aromatic heterocycles. The maximum Gasteiger partial charge on any atom is 0.280 e. The third-order valence-electron chi connectivity index (χ3n) is 7.52. The number of aliphatic imine (C=N–C) groups is 1. The van der Waals surface area contributed by atoms with E-state index in [1.165, 1.54) is 10.4 Å². The SMILES string of the molecule is CO[C@@H]1[C@@H](I)[C@@H](CO[Si](c2ccccc2)(c2ccccc2)C(C)(C)C)O[C@H]1n1cnc2c(=O)[nH]c(/N=C/N(C)C)nc21. The standard InChI is InChI=1S/C30H37IN6O4Si/c1-30(2,3)42(20-13-9-7-10-14-20,21-15-11-8-12-16-21)40-17-22-23(31)25(39-6)28(41-22)37-19-32-24-26(37)34-29(35-27(24)38)33-18-36(4)5/h7-16,18-19,22-23,25,28H,17H2,1-6H3,(H,34,35,38)/b33-18+/t22-,23+,25-,28-/m1/s1. The first kappa shape index (κ1) is 30.5. The number of H-pyrrole nitrogens is 1. The summed E-state index contributed by atoms with van der Waals surface area (Å²) in [5, 5.41) is 2.26. The Bertz CT molecular complexity index is 1550. The first-order valence-electron chi connectivity index (χ1n) is 13.8. The number of fused-ring (bicyclic) bond motifs is 1. The average molecular weight is 701 g/mol. The van der Waals surface area contributed by atoms with Gasteiger partial charge in [-0.3, -0.25) is 14.3 Å². The Morgan fingerprint density at radius 3 is 2.29 bits per heavy atom. The fourth-order valence-corrected chi connectivity index (χ4v) is 11.2. The van der Waals surface area contributed by atoms with Crippen LogP contribution < -0.4 is 15.9 Å². The van der Waals surface area contributed by atoms with Gasteiger partial charge in [0, 0.05) is 21.2 Å². The lowest BCUT2D eigenvalue weighted by Crippen LogP contribution is -2.67. The molecular formula is C30H37IN6O4Si. The van der Waals surface area contributed by atoms with Crippen LogP contribution >= 0.6 is 22.6 Å². The van der Waals surface area contributed by atoms with Gasteiger partial charge >= 0.3 is 0 Å². The van der Waals surface area contributed by atoms with Crippen LogP contribution in [-0.4, -0.2) is 83.0 Å². The Kier molecular flexibility index (Phi) is 8.99. The topological polar surface area (TPSA) is 107 Å². The Labute approximate surface area is 260 Å². The van der Waals surface area contributed by atoms with Gasteiger partial charge in [0.25, 0.3) is 13.9 Å². The highest BCUT2D eigenvalue weighted by molar-refractivity contribution is 14.1. The van der Waals surface area contributed by atoms with Gasteiger partial charge in [0.2, 0.25) is 5.95 Å². The van der Waals surface area contributed by atoms with Crippen molar-refractivity contribution in [2.24, 2.45) is 4.99 Å². The molecule has 12 heteroatoms. The monoisotopic (exact) mass is 700 g/mol. The second kappa shape index (κ2) is 12.4. The first-order valence-corrected chi connectivity index (χ1v) is 17.0. The highest BCUT2D eigenvalue weighted by atomic mass is 127. The molecule has 0 bridgehead atoms. The summed E-state index contributed by atoms with van der Waals surface area (Å²) in [4.78, 5) is 30.4. The minimum absolute atomic E-state index is 0.0403. The van der Waals surface area contributed by atoms with Crippen molar-refractivity contribution in [2.75, 3.05) is 27.8 Å². The van der Waals surface area contributed by atoms with E-state index in [0.717, 1.165) is 0 Å². The predicted octanol–water partition coefficient (Wildman–Crippen LogP) is 3.63. The smallest absolute Gasteiger partial charge is 0.280 e. The lowest BCUT2D eigenvalue weighted by molar-refractivity contribution is -0.0567. The minimum atomic E-state index is -2.76. The number of nitrogens with one attached hydrogen (secondary N) is 1. The number of alkyl halides is 1. The zero-order valence-corrected chi connectivity index (χ0v) is 27.8. The molecular weight excluding hydrogens is 663 g/mol. The number of benzene rings is 2. The molecule has 1 N–H and O–H groups in total. The van der Waals surface area contributed by atoms with Gasteiger partial charge in [0.15, 0.2) is 17.4 Å². The maximum atomic E-state index is 12.8. The zero-order valence-electron chi connectivity index (χ0n) is 24.7. The minimum Gasteiger partial charge on any atom is -0.405 e. The summed E-state index contributed by atoms with van der Waals surface area (Å²) in [5.74, 6) is 0.188. The van der Waals surface area contributed by atoms with Gasteiger partial charge in [0.1, 0.15) is 6.10 Å². The molecule has 1 aliphatic heterocycles. The van der Waals surface area contributed by atoms with E-state index in [-0.39, 0.29) is 38.2 Å². The fraction of sp³-hybridized carbons (Fsp3) is 0.400. The largest absolute Gasteiger partial charge is 0.405 e. The number of hydrogen-bond donors (Lipinski definition) is 1. The summed E-state index contributed by atoms with van der Waals surface area (Å²) in [7, 11) is 2.59. The lowest BCUT2D eigenvalue weighted by atomic mass is 10.2. The van der Waals surface area contributed by atoms with E-state index in [1.54, 1.807) is 29.2 Å². The first-order chi connectivity index (χ1) is 20.1. The number of methoxy groups -OCH3 is 1. The highest BCUT2D eigenvalue weighted by Crippen LogP contribution is 2.40. The number of nitrogens with zero attached hydrogens (tertiary/aromatic N) is 5. The van der Waals surface area contributed by atoms with E-state index in [4.69, 9.17) is 13.9 Å². The van der Waals surface area contributed by atoms with E-state index in [1.807, 2.05) is 26.2 Å². The van der Waals surface area contributed by atoms with Crippen LogP contribution in [0.5, 0.6) is 0 Å². The molecule has 1 saturated heterocycles. The lowest BCUT2D eigenvalue weighted by Gasteiger charge is -2.43. The molecule has 2 aromatic carbocycles. The average Bonchev–Trinajstić information content (AvgIpc) is 3.53. The molecule has 0 saturated carbocycles. The summed E-state index contributed by atoms with van der Waals surface area (Å²) in [5.41, 5.74) is 0.234. The normalized spacial score (nSPS) is 21.4.